The Bertz CT molecular complexity index is 826. The summed E-state index contributed by atoms with van der Waals surface area (Å²) in [7, 11) is 2.96. The summed E-state index contributed by atoms with van der Waals surface area (Å²) in [5.41, 5.74) is 0.397. The van der Waals surface area contributed by atoms with Gasteiger partial charge in [-0.05, 0) is 31.4 Å². The molecule has 2 aromatic heterocycles. The molecule has 2 heterocycles. The van der Waals surface area contributed by atoms with Gasteiger partial charge in [0.1, 0.15) is 0 Å². The Morgan fingerprint density at radius 3 is 1.97 bits per heavy atom. The highest BCUT2D eigenvalue weighted by molar-refractivity contribution is 5.93. The Morgan fingerprint density at radius 2 is 1.53 bits per heavy atom. The van der Waals surface area contributed by atoms with Crippen LogP contribution in [0, 0.1) is 5.92 Å². The van der Waals surface area contributed by atoms with Gasteiger partial charge in [-0.2, -0.15) is 0 Å². The number of carbonyl (C=O) groups is 2. The third kappa shape index (κ3) is 6.36. The van der Waals surface area contributed by atoms with Crippen molar-refractivity contribution in [3.8, 4) is 11.8 Å². The van der Waals surface area contributed by atoms with Gasteiger partial charge in [0.15, 0.2) is 11.4 Å². The molecule has 10 heteroatoms. The van der Waals surface area contributed by atoms with Crippen molar-refractivity contribution in [3.63, 3.8) is 0 Å². The number of amides is 2. The van der Waals surface area contributed by atoms with E-state index >= 15 is 0 Å². The van der Waals surface area contributed by atoms with Gasteiger partial charge in [-0.25, -0.2) is 0 Å². The number of methoxy groups -OCH3 is 2. The van der Waals surface area contributed by atoms with Crippen LogP contribution in [0.3, 0.4) is 0 Å². The third-order valence-electron chi connectivity index (χ3n) is 4.35. The molecule has 0 saturated carbocycles. The number of hydrogen-bond acceptors (Lipinski definition) is 8. The van der Waals surface area contributed by atoms with Crippen molar-refractivity contribution in [2.24, 2.45) is 5.92 Å². The van der Waals surface area contributed by atoms with Gasteiger partial charge < -0.3 is 19.7 Å². The van der Waals surface area contributed by atoms with Gasteiger partial charge in [-0.3, -0.25) is 9.59 Å². The molecule has 0 aliphatic heterocycles. The quantitative estimate of drug-likeness (QED) is 0.620. The molecule has 0 saturated heterocycles. The summed E-state index contributed by atoms with van der Waals surface area (Å²) in [5, 5.41) is 18.4. The van der Waals surface area contributed by atoms with E-state index < -0.39 is 0 Å². The average Bonchev–Trinajstić information content (AvgIpc) is 2.76. The highest BCUT2D eigenvalue weighted by Crippen LogP contribution is 2.12. The largest absolute Gasteiger partial charge is 0.480 e. The molecule has 0 spiro atoms. The molecule has 0 radical (unpaired) electrons. The summed E-state index contributed by atoms with van der Waals surface area (Å²) in [4.78, 5) is 27.1. The molecule has 2 rings (SSSR count). The number of rotatable bonds is 10. The summed E-state index contributed by atoms with van der Waals surface area (Å²) in [6.07, 6.45) is 0.688. The second-order valence-corrected chi connectivity index (χ2v) is 7.07. The fourth-order valence-electron chi connectivity index (χ4n) is 2.88. The van der Waals surface area contributed by atoms with E-state index in [0.29, 0.717) is 37.2 Å². The molecule has 1 atom stereocenters. The van der Waals surface area contributed by atoms with Crippen molar-refractivity contribution in [1.29, 1.82) is 0 Å². The van der Waals surface area contributed by atoms with E-state index in [2.05, 4.69) is 39.6 Å². The van der Waals surface area contributed by atoms with Crippen LogP contribution >= 0.6 is 0 Å². The van der Waals surface area contributed by atoms with Gasteiger partial charge in [-0.15, -0.1) is 20.4 Å². The van der Waals surface area contributed by atoms with Crippen LogP contribution in [-0.4, -0.2) is 70.5 Å². The van der Waals surface area contributed by atoms with Gasteiger partial charge in [0.05, 0.1) is 14.2 Å². The summed E-state index contributed by atoms with van der Waals surface area (Å²) in [6, 6.07) is 6.01. The van der Waals surface area contributed by atoms with E-state index in [4.69, 9.17) is 9.47 Å². The van der Waals surface area contributed by atoms with E-state index in [1.165, 1.54) is 14.2 Å². The predicted octanol–water partition coefficient (Wildman–Crippen LogP) is 1.59. The van der Waals surface area contributed by atoms with Crippen molar-refractivity contribution >= 4 is 11.8 Å². The lowest BCUT2D eigenvalue weighted by molar-refractivity contribution is 0.0719. The van der Waals surface area contributed by atoms with Crippen molar-refractivity contribution in [2.75, 3.05) is 27.3 Å². The second-order valence-electron chi connectivity index (χ2n) is 7.07. The Labute approximate surface area is 176 Å². The number of nitrogens with zero attached hydrogens (tertiary/aromatic N) is 5. The maximum atomic E-state index is 12.9. The first kappa shape index (κ1) is 23.0. The van der Waals surface area contributed by atoms with Crippen molar-refractivity contribution < 1.29 is 19.1 Å². The molecule has 2 aromatic rings. The molecule has 0 aliphatic carbocycles. The van der Waals surface area contributed by atoms with Gasteiger partial charge in [0, 0.05) is 31.3 Å². The molecular formula is C20H28N6O4. The van der Waals surface area contributed by atoms with Crippen LogP contribution in [0.15, 0.2) is 24.3 Å². The fourth-order valence-corrected chi connectivity index (χ4v) is 2.88. The smallest absolute Gasteiger partial charge is 0.274 e. The van der Waals surface area contributed by atoms with Crippen LogP contribution in [0.5, 0.6) is 11.8 Å². The molecule has 0 unspecified atom stereocenters. The Kier molecular flexibility index (Phi) is 8.45. The van der Waals surface area contributed by atoms with Gasteiger partial charge >= 0.3 is 0 Å². The molecule has 0 aliphatic rings. The van der Waals surface area contributed by atoms with Crippen molar-refractivity contribution in [3.05, 3.63) is 35.7 Å². The number of hydrogen-bond donors (Lipinski definition) is 1. The van der Waals surface area contributed by atoms with Crippen molar-refractivity contribution in [2.45, 2.75) is 33.2 Å². The zero-order valence-electron chi connectivity index (χ0n) is 18.0. The van der Waals surface area contributed by atoms with Crippen molar-refractivity contribution in [1.82, 2.24) is 30.6 Å². The number of likely N-dealkylation sites (N-methyl/N-ethyl adjacent to an activating group) is 1. The molecule has 0 fully saturated rings. The molecular weight excluding hydrogens is 388 g/mol. The SMILES string of the molecule is CCN(C[C@@H](CC(C)C)NC(=O)c1ccc(OC)nn1)C(=O)c1ccc(OC)nn1. The number of ether oxygens (including phenoxy) is 2. The highest BCUT2D eigenvalue weighted by Gasteiger charge is 2.23. The monoisotopic (exact) mass is 416 g/mol. The highest BCUT2D eigenvalue weighted by atomic mass is 16.5. The lowest BCUT2D eigenvalue weighted by Crippen LogP contribution is -2.46. The van der Waals surface area contributed by atoms with Gasteiger partial charge in [0.2, 0.25) is 11.8 Å². The zero-order chi connectivity index (χ0) is 22.1. The fraction of sp³-hybridized carbons (Fsp3) is 0.500. The van der Waals surface area contributed by atoms with Crippen LogP contribution < -0.4 is 14.8 Å². The molecule has 0 aromatic carbocycles. The molecule has 162 valence electrons. The lowest BCUT2D eigenvalue weighted by Gasteiger charge is -2.28. The van der Waals surface area contributed by atoms with E-state index in [1.807, 2.05) is 6.92 Å². The number of carbonyl (C=O) groups excluding carboxylic acids is 2. The summed E-state index contributed by atoms with van der Waals surface area (Å²) in [6.45, 7) is 6.77. The molecule has 0 bridgehead atoms. The summed E-state index contributed by atoms with van der Waals surface area (Å²) < 4.78 is 9.94. The zero-order valence-corrected chi connectivity index (χ0v) is 18.0. The minimum atomic E-state index is -0.358. The minimum absolute atomic E-state index is 0.181. The molecule has 30 heavy (non-hydrogen) atoms. The lowest BCUT2D eigenvalue weighted by atomic mass is 10.0. The van der Waals surface area contributed by atoms with E-state index in [1.54, 1.807) is 29.2 Å². The average molecular weight is 416 g/mol. The van der Waals surface area contributed by atoms with Gasteiger partial charge in [-0.1, -0.05) is 13.8 Å². The Balaban J connectivity index is 2.11. The number of nitrogens with one attached hydrogen (secondary N) is 1. The molecule has 10 nitrogen and oxygen atoms in total. The third-order valence-corrected chi connectivity index (χ3v) is 4.35. The van der Waals surface area contributed by atoms with E-state index in [0.717, 1.165) is 0 Å². The van der Waals surface area contributed by atoms with Crippen LogP contribution in [0.1, 0.15) is 48.2 Å². The Morgan fingerprint density at radius 1 is 0.967 bits per heavy atom. The molecule has 1 N–H and O–H groups in total. The summed E-state index contributed by atoms with van der Waals surface area (Å²) in [5.74, 6) is 0.351. The normalized spacial score (nSPS) is 11.7. The number of aromatic nitrogens is 4. The van der Waals surface area contributed by atoms with E-state index in [9.17, 15) is 9.59 Å². The second kappa shape index (κ2) is 11.0. The maximum absolute atomic E-state index is 12.9. The summed E-state index contributed by atoms with van der Waals surface area (Å²) >= 11 is 0. The first-order valence-corrected chi connectivity index (χ1v) is 9.73. The standard InChI is InChI=1S/C20H28N6O4/c1-6-26(20(28)16-8-10-18(30-5)25-23-16)12-14(11-13(2)3)21-19(27)15-7-9-17(29-4)24-22-15/h7-10,13-14H,6,11-12H2,1-5H3,(H,21,27)/t14-/m1/s1. The molecule has 2 amide bonds. The first-order valence-electron chi connectivity index (χ1n) is 9.73. The van der Waals surface area contributed by atoms with Crippen LogP contribution in [0.4, 0.5) is 0 Å². The Hall–Kier alpha value is -3.30. The van der Waals surface area contributed by atoms with Gasteiger partial charge in [0.25, 0.3) is 11.8 Å². The minimum Gasteiger partial charge on any atom is -0.480 e. The maximum Gasteiger partial charge on any atom is 0.274 e. The first-order chi connectivity index (χ1) is 14.4. The van der Waals surface area contributed by atoms with Crippen LogP contribution in [-0.2, 0) is 0 Å². The van der Waals surface area contributed by atoms with Crippen LogP contribution in [0.25, 0.3) is 0 Å². The van der Waals surface area contributed by atoms with Crippen LogP contribution in [0.2, 0.25) is 0 Å². The topological polar surface area (TPSA) is 119 Å². The van der Waals surface area contributed by atoms with E-state index in [-0.39, 0.29) is 29.2 Å². The predicted molar refractivity (Wildman–Crippen MR) is 109 cm³/mol.